The van der Waals surface area contributed by atoms with Crippen molar-refractivity contribution in [3.63, 3.8) is 0 Å². The summed E-state index contributed by atoms with van der Waals surface area (Å²) in [5, 5.41) is 3.51. The van der Waals surface area contributed by atoms with Crippen molar-refractivity contribution < 1.29 is 9.59 Å². The number of halogens is 1. The molecule has 1 heterocycles. The summed E-state index contributed by atoms with van der Waals surface area (Å²) < 4.78 is 0. The molecule has 22 heavy (non-hydrogen) atoms. The van der Waals surface area contributed by atoms with Gasteiger partial charge < -0.3 is 15.1 Å². The maximum atomic E-state index is 12.2. The molecule has 5 nitrogen and oxygen atoms in total. The second-order valence-corrected chi connectivity index (χ2v) is 6.34. The Morgan fingerprint density at radius 2 is 2.18 bits per heavy atom. The van der Waals surface area contributed by atoms with E-state index in [9.17, 15) is 9.59 Å². The summed E-state index contributed by atoms with van der Waals surface area (Å²) >= 11 is 6.12. The van der Waals surface area contributed by atoms with Crippen molar-refractivity contribution in [3.8, 4) is 0 Å². The lowest BCUT2D eigenvalue weighted by atomic mass is 10.1. The molecule has 1 atom stereocenters. The van der Waals surface area contributed by atoms with Crippen LogP contribution >= 0.6 is 11.6 Å². The van der Waals surface area contributed by atoms with Crippen molar-refractivity contribution >= 4 is 29.1 Å². The smallest absolute Gasteiger partial charge is 0.227 e. The number of aryl methyl sites for hydroxylation is 1. The van der Waals surface area contributed by atoms with Crippen LogP contribution in [0.15, 0.2) is 18.2 Å². The highest BCUT2D eigenvalue weighted by Gasteiger charge is 2.35. The first-order chi connectivity index (χ1) is 10.4. The first-order valence-corrected chi connectivity index (χ1v) is 7.75. The van der Waals surface area contributed by atoms with Crippen molar-refractivity contribution in [1.82, 2.24) is 10.2 Å². The summed E-state index contributed by atoms with van der Waals surface area (Å²) in [5.41, 5.74) is 1.72. The minimum absolute atomic E-state index is 0.0346. The number of benzene rings is 1. The van der Waals surface area contributed by atoms with Crippen LogP contribution in [-0.4, -0.2) is 50.4 Å². The van der Waals surface area contributed by atoms with E-state index < -0.39 is 0 Å². The van der Waals surface area contributed by atoms with E-state index >= 15 is 0 Å². The Labute approximate surface area is 136 Å². The molecule has 1 aromatic rings. The van der Waals surface area contributed by atoms with Crippen LogP contribution in [0, 0.1) is 12.8 Å². The standard InChI is InChI=1S/C16H22ClN3O2/c1-11-4-5-13(9-14(11)17)20-10-12(8-15(20)21)16(22)18-6-7-19(2)3/h4-5,9,12H,6-8,10H2,1-3H3,(H,18,22). The number of amides is 2. The molecule has 1 saturated heterocycles. The molecule has 120 valence electrons. The van der Waals surface area contributed by atoms with Crippen LogP contribution in [0.4, 0.5) is 5.69 Å². The zero-order chi connectivity index (χ0) is 16.3. The topological polar surface area (TPSA) is 52.7 Å². The third-order valence-electron chi connectivity index (χ3n) is 3.82. The summed E-state index contributed by atoms with van der Waals surface area (Å²) in [6.07, 6.45) is 0.249. The Balaban J connectivity index is 1.98. The third kappa shape index (κ3) is 3.99. The van der Waals surface area contributed by atoms with Gasteiger partial charge in [0.25, 0.3) is 0 Å². The van der Waals surface area contributed by atoms with Gasteiger partial charge in [-0.25, -0.2) is 0 Å². The zero-order valence-corrected chi connectivity index (χ0v) is 14.0. The van der Waals surface area contributed by atoms with E-state index in [4.69, 9.17) is 11.6 Å². The zero-order valence-electron chi connectivity index (χ0n) is 13.2. The molecule has 0 aliphatic carbocycles. The molecule has 1 N–H and O–H groups in total. The maximum Gasteiger partial charge on any atom is 0.227 e. The van der Waals surface area contributed by atoms with Gasteiger partial charge in [-0.3, -0.25) is 9.59 Å². The molecule has 6 heteroatoms. The fourth-order valence-corrected chi connectivity index (χ4v) is 2.60. The lowest BCUT2D eigenvalue weighted by Crippen LogP contribution is -2.36. The number of hydrogen-bond acceptors (Lipinski definition) is 3. The van der Waals surface area contributed by atoms with Gasteiger partial charge in [-0.15, -0.1) is 0 Å². The average Bonchev–Trinajstić information content (AvgIpc) is 2.83. The predicted octanol–water partition coefficient (Wildman–Crippen LogP) is 1.68. The van der Waals surface area contributed by atoms with Crippen LogP contribution in [0.5, 0.6) is 0 Å². The molecule has 0 bridgehead atoms. The highest BCUT2D eigenvalue weighted by Crippen LogP contribution is 2.28. The van der Waals surface area contributed by atoms with Crippen molar-refractivity contribution in [2.75, 3.05) is 38.6 Å². The van der Waals surface area contributed by atoms with Crippen molar-refractivity contribution in [2.24, 2.45) is 5.92 Å². The van der Waals surface area contributed by atoms with Gasteiger partial charge in [0.1, 0.15) is 0 Å². The summed E-state index contributed by atoms with van der Waals surface area (Å²) in [7, 11) is 3.90. The first kappa shape index (κ1) is 16.8. The Hall–Kier alpha value is -1.59. The van der Waals surface area contributed by atoms with Crippen LogP contribution in [-0.2, 0) is 9.59 Å². The maximum absolute atomic E-state index is 12.2. The van der Waals surface area contributed by atoms with Gasteiger partial charge >= 0.3 is 0 Å². The van der Waals surface area contributed by atoms with Gasteiger partial charge in [-0.2, -0.15) is 0 Å². The summed E-state index contributed by atoms with van der Waals surface area (Å²) in [6.45, 7) is 3.70. The molecule has 1 aromatic carbocycles. The molecule has 1 fully saturated rings. The molecule has 0 spiro atoms. The van der Waals surface area contributed by atoms with Crippen LogP contribution in [0.1, 0.15) is 12.0 Å². The number of rotatable bonds is 5. The van der Waals surface area contributed by atoms with Gasteiger partial charge in [0.05, 0.1) is 5.92 Å². The molecule has 1 aliphatic rings. The summed E-state index contributed by atoms with van der Waals surface area (Å²) in [4.78, 5) is 27.9. The molecule has 0 aromatic heterocycles. The lowest BCUT2D eigenvalue weighted by Gasteiger charge is -2.18. The SMILES string of the molecule is Cc1ccc(N2CC(C(=O)NCCN(C)C)CC2=O)cc1Cl. The second-order valence-electron chi connectivity index (χ2n) is 5.93. The number of hydrogen-bond donors (Lipinski definition) is 1. The van der Waals surface area contributed by atoms with Gasteiger partial charge in [0.2, 0.25) is 11.8 Å². The number of carbonyl (C=O) groups is 2. The van der Waals surface area contributed by atoms with E-state index in [-0.39, 0.29) is 24.2 Å². The van der Waals surface area contributed by atoms with Crippen molar-refractivity contribution in [3.05, 3.63) is 28.8 Å². The van der Waals surface area contributed by atoms with Gasteiger partial charge in [-0.1, -0.05) is 17.7 Å². The molecule has 1 aliphatic heterocycles. The third-order valence-corrected chi connectivity index (χ3v) is 4.23. The molecule has 2 rings (SSSR count). The lowest BCUT2D eigenvalue weighted by molar-refractivity contribution is -0.126. The molecule has 0 saturated carbocycles. The van der Waals surface area contributed by atoms with E-state index in [0.29, 0.717) is 18.1 Å². The minimum Gasteiger partial charge on any atom is -0.355 e. The Kier molecular flexibility index (Phi) is 5.42. The van der Waals surface area contributed by atoms with Crippen LogP contribution in [0.3, 0.4) is 0 Å². The monoisotopic (exact) mass is 323 g/mol. The number of carbonyl (C=O) groups excluding carboxylic acids is 2. The number of anilines is 1. The number of likely N-dealkylation sites (N-methyl/N-ethyl adjacent to an activating group) is 1. The Bertz CT molecular complexity index is 575. The van der Waals surface area contributed by atoms with Crippen molar-refractivity contribution in [2.45, 2.75) is 13.3 Å². The quantitative estimate of drug-likeness (QED) is 0.897. The predicted molar refractivity (Wildman–Crippen MR) is 88.2 cm³/mol. The van der Waals surface area contributed by atoms with Crippen molar-refractivity contribution in [1.29, 1.82) is 0 Å². The highest BCUT2D eigenvalue weighted by molar-refractivity contribution is 6.31. The normalized spacial score (nSPS) is 18.1. The molecular formula is C16H22ClN3O2. The number of nitrogens with one attached hydrogen (secondary N) is 1. The summed E-state index contributed by atoms with van der Waals surface area (Å²) in [6, 6.07) is 5.53. The van der Waals surface area contributed by atoms with Crippen LogP contribution < -0.4 is 10.2 Å². The molecule has 0 radical (unpaired) electrons. The minimum atomic E-state index is -0.297. The summed E-state index contributed by atoms with van der Waals surface area (Å²) in [5.74, 6) is -0.390. The van der Waals surface area contributed by atoms with Gasteiger partial charge in [0.15, 0.2) is 0 Å². The van der Waals surface area contributed by atoms with E-state index in [1.54, 1.807) is 11.0 Å². The fraction of sp³-hybridized carbons (Fsp3) is 0.500. The van der Waals surface area contributed by atoms with E-state index in [2.05, 4.69) is 5.32 Å². The highest BCUT2D eigenvalue weighted by atomic mass is 35.5. The molecular weight excluding hydrogens is 302 g/mol. The fourth-order valence-electron chi connectivity index (χ4n) is 2.43. The first-order valence-electron chi connectivity index (χ1n) is 7.37. The van der Waals surface area contributed by atoms with Crippen LogP contribution in [0.25, 0.3) is 0 Å². The Morgan fingerprint density at radius 3 is 2.82 bits per heavy atom. The second kappa shape index (κ2) is 7.11. The Morgan fingerprint density at radius 1 is 1.45 bits per heavy atom. The number of nitrogens with zero attached hydrogens (tertiary/aromatic N) is 2. The van der Waals surface area contributed by atoms with Crippen LogP contribution in [0.2, 0.25) is 5.02 Å². The van der Waals surface area contributed by atoms with E-state index in [1.807, 2.05) is 38.1 Å². The van der Waals surface area contributed by atoms with Gasteiger partial charge in [0, 0.05) is 36.8 Å². The largest absolute Gasteiger partial charge is 0.355 e. The molecule has 2 amide bonds. The average molecular weight is 324 g/mol. The van der Waals surface area contributed by atoms with Gasteiger partial charge in [-0.05, 0) is 38.7 Å². The van der Waals surface area contributed by atoms with E-state index in [0.717, 1.165) is 17.8 Å². The molecule has 1 unspecified atom stereocenters. The van der Waals surface area contributed by atoms with E-state index in [1.165, 1.54) is 0 Å².